The molecule has 5 N–H and O–H groups in total. The number of hydrogen-bond donors (Lipinski definition) is 4. The third-order valence-electron chi connectivity index (χ3n) is 6.52. The van der Waals surface area contributed by atoms with Gasteiger partial charge in [0.1, 0.15) is 18.2 Å². The number of nitrogens with two attached hydrogens (primary N) is 1. The zero-order chi connectivity index (χ0) is 25.0. The van der Waals surface area contributed by atoms with E-state index in [1.54, 1.807) is 29.0 Å². The second-order valence-electron chi connectivity index (χ2n) is 8.95. The second-order valence-corrected chi connectivity index (χ2v) is 8.95. The van der Waals surface area contributed by atoms with Crippen molar-refractivity contribution in [2.24, 2.45) is 0 Å². The van der Waals surface area contributed by atoms with Crippen LogP contribution < -0.4 is 21.7 Å². The van der Waals surface area contributed by atoms with Crippen LogP contribution in [0, 0.1) is 6.92 Å². The normalized spacial score (nSPS) is 15.1. The molecule has 12 heteroatoms. The molecule has 6 heterocycles. The van der Waals surface area contributed by atoms with E-state index in [0.29, 0.717) is 54.2 Å². The molecule has 0 bridgehead atoms. The topological polar surface area (TPSA) is 156 Å². The molecule has 6 rings (SSSR count). The third-order valence-corrected chi connectivity index (χ3v) is 6.52. The number of nitrogens with one attached hydrogen (secondary N) is 3. The largest absolute Gasteiger partial charge is 0.383 e. The Morgan fingerprint density at radius 2 is 1.94 bits per heavy atom. The van der Waals surface area contributed by atoms with E-state index in [-0.39, 0.29) is 18.4 Å². The molecule has 0 saturated carbocycles. The van der Waals surface area contributed by atoms with Crippen molar-refractivity contribution in [2.45, 2.75) is 19.9 Å². The fraction of sp³-hybridized carbons (Fsp3) is 0.250. The highest BCUT2D eigenvalue weighted by Crippen LogP contribution is 2.34. The van der Waals surface area contributed by atoms with Crippen molar-refractivity contribution < 1.29 is 9.59 Å². The molecule has 0 fully saturated rings. The molecule has 0 spiro atoms. The molecule has 0 aromatic carbocycles. The van der Waals surface area contributed by atoms with Gasteiger partial charge in [0, 0.05) is 55.1 Å². The van der Waals surface area contributed by atoms with Gasteiger partial charge in [0.15, 0.2) is 11.5 Å². The number of fused-ring (bicyclic) bond motifs is 3. The van der Waals surface area contributed by atoms with Gasteiger partial charge in [0.25, 0.3) is 5.91 Å². The summed E-state index contributed by atoms with van der Waals surface area (Å²) in [5.41, 5.74) is 10.7. The number of aromatic nitrogens is 5. The number of nitrogen functional groups attached to an aromatic ring is 1. The summed E-state index contributed by atoms with van der Waals surface area (Å²) in [5, 5.41) is 15.4. The monoisotopic (exact) mass is 484 g/mol. The zero-order valence-corrected chi connectivity index (χ0v) is 19.8. The van der Waals surface area contributed by atoms with Crippen LogP contribution in [0.2, 0.25) is 0 Å². The summed E-state index contributed by atoms with van der Waals surface area (Å²) in [7, 11) is 1.73. The summed E-state index contributed by atoms with van der Waals surface area (Å²) in [5.74, 6) is 1.38. The summed E-state index contributed by atoms with van der Waals surface area (Å²) in [6.07, 6.45) is 4.05. The quantitative estimate of drug-likeness (QED) is 0.339. The van der Waals surface area contributed by atoms with Crippen molar-refractivity contribution in [3.05, 3.63) is 47.5 Å². The summed E-state index contributed by atoms with van der Waals surface area (Å²) in [4.78, 5) is 39.4. The average molecular weight is 485 g/mol. The van der Waals surface area contributed by atoms with Crippen LogP contribution in [-0.4, -0.2) is 61.7 Å². The van der Waals surface area contributed by atoms with Crippen LogP contribution in [-0.2, 0) is 17.8 Å². The number of amides is 2. The van der Waals surface area contributed by atoms with E-state index in [1.165, 1.54) is 0 Å². The molecule has 0 radical (unpaired) electrons. The Bertz CT molecular complexity index is 1560. The van der Waals surface area contributed by atoms with Crippen LogP contribution in [0.15, 0.2) is 30.6 Å². The highest BCUT2D eigenvalue weighted by Gasteiger charge is 2.26. The first-order chi connectivity index (χ1) is 17.4. The predicted molar refractivity (Wildman–Crippen MR) is 135 cm³/mol. The maximum atomic E-state index is 12.5. The lowest BCUT2D eigenvalue weighted by Crippen LogP contribution is -2.37. The van der Waals surface area contributed by atoms with Crippen molar-refractivity contribution in [1.29, 1.82) is 0 Å². The number of carbonyl (C=O) groups is 2. The van der Waals surface area contributed by atoms with Gasteiger partial charge in [-0.1, -0.05) is 0 Å². The van der Waals surface area contributed by atoms with Crippen LogP contribution >= 0.6 is 0 Å². The van der Waals surface area contributed by atoms with Gasteiger partial charge in [0.05, 0.1) is 18.1 Å². The molecule has 2 aliphatic rings. The maximum Gasteiger partial charge on any atom is 0.275 e. The van der Waals surface area contributed by atoms with Crippen LogP contribution in [0.3, 0.4) is 0 Å². The molecule has 0 saturated heterocycles. The zero-order valence-electron chi connectivity index (χ0n) is 19.8. The molecule has 12 nitrogen and oxygen atoms in total. The lowest BCUT2D eigenvalue weighted by molar-refractivity contribution is -0.121. The lowest BCUT2D eigenvalue weighted by atomic mass is 10.0. The van der Waals surface area contributed by atoms with Crippen molar-refractivity contribution in [3.63, 3.8) is 0 Å². The first kappa shape index (κ1) is 21.8. The molecular formula is C24H24N10O2. The van der Waals surface area contributed by atoms with E-state index in [9.17, 15) is 9.59 Å². The minimum Gasteiger partial charge on any atom is -0.383 e. The molecule has 0 aliphatic carbocycles. The van der Waals surface area contributed by atoms with Gasteiger partial charge >= 0.3 is 0 Å². The Balaban J connectivity index is 1.35. The van der Waals surface area contributed by atoms with E-state index in [0.717, 1.165) is 27.6 Å². The Hall–Kier alpha value is -4.74. The molecule has 2 amide bonds. The first-order valence-corrected chi connectivity index (χ1v) is 11.5. The third kappa shape index (κ3) is 3.63. The standard InChI is InChI=1S/C24H24N10O2/c1-12-15(8-28-22-21(12)29-11-33(2)24(22)36)17-5-13-6-18(27-9-16(13)23(25)30-17)31-19-7-14-3-4-26-20(35)10-34(14)32-19/h5-9,29H,3-4,10-11H2,1-2H3,(H2,25,30)(H,26,35)(H,27,31,32). The van der Waals surface area contributed by atoms with E-state index in [4.69, 9.17) is 5.73 Å². The molecule has 0 atom stereocenters. The summed E-state index contributed by atoms with van der Waals surface area (Å²) < 4.78 is 1.70. The number of nitrogens with zero attached hydrogens (tertiary/aromatic N) is 6. The van der Waals surface area contributed by atoms with E-state index < -0.39 is 0 Å². The minimum absolute atomic E-state index is 0.0544. The Kier molecular flexibility index (Phi) is 4.95. The Morgan fingerprint density at radius 3 is 2.81 bits per heavy atom. The molecule has 0 unspecified atom stereocenters. The molecule has 36 heavy (non-hydrogen) atoms. The molecule has 2 aliphatic heterocycles. The fourth-order valence-corrected chi connectivity index (χ4v) is 4.58. The Labute approximate surface area is 205 Å². The smallest absolute Gasteiger partial charge is 0.275 e. The van der Waals surface area contributed by atoms with Crippen LogP contribution in [0.25, 0.3) is 22.0 Å². The van der Waals surface area contributed by atoms with Gasteiger partial charge in [-0.2, -0.15) is 5.10 Å². The van der Waals surface area contributed by atoms with Gasteiger partial charge in [-0.3, -0.25) is 14.3 Å². The van der Waals surface area contributed by atoms with Gasteiger partial charge < -0.3 is 26.6 Å². The van der Waals surface area contributed by atoms with Crippen molar-refractivity contribution in [1.82, 2.24) is 34.9 Å². The number of carbonyl (C=O) groups excluding carboxylic acids is 2. The number of pyridine rings is 3. The summed E-state index contributed by atoms with van der Waals surface area (Å²) in [6.45, 7) is 3.13. The number of hydrogen-bond acceptors (Lipinski definition) is 9. The van der Waals surface area contributed by atoms with Crippen LogP contribution in [0.5, 0.6) is 0 Å². The van der Waals surface area contributed by atoms with Gasteiger partial charge in [0.2, 0.25) is 5.91 Å². The van der Waals surface area contributed by atoms with E-state index in [1.807, 2.05) is 25.1 Å². The van der Waals surface area contributed by atoms with Gasteiger partial charge in [-0.25, -0.2) is 15.0 Å². The minimum atomic E-state index is -0.122. The van der Waals surface area contributed by atoms with E-state index in [2.05, 4.69) is 36.0 Å². The highest BCUT2D eigenvalue weighted by molar-refractivity contribution is 6.01. The maximum absolute atomic E-state index is 12.5. The Morgan fingerprint density at radius 1 is 1.08 bits per heavy atom. The average Bonchev–Trinajstić information content (AvgIpc) is 3.12. The molecule has 182 valence electrons. The number of rotatable bonds is 3. The lowest BCUT2D eigenvalue weighted by Gasteiger charge is -2.27. The predicted octanol–water partition coefficient (Wildman–Crippen LogP) is 1.65. The summed E-state index contributed by atoms with van der Waals surface area (Å²) >= 11 is 0. The summed E-state index contributed by atoms with van der Waals surface area (Å²) in [6, 6.07) is 5.73. The van der Waals surface area contributed by atoms with Crippen molar-refractivity contribution in [2.75, 3.05) is 36.6 Å². The molecule has 4 aromatic rings. The van der Waals surface area contributed by atoms with E-state index >= 15 is 0 Å². The second kappa shape index (κ2) is 8.18. The molecular weight excluding hydrogens is 460 g/mol. The first-order valence-electron chi connectivity index (χ1n) is 11.5. The van der Waals surface area contributed by atoms with Crippen molar-refractivity contribution >= 4 is 45.7 Å². The van der Waals surface area contributed by atoms with Crippen molar-refractivity contribution in [3.8, 4) is 11.3 Å². The van der Waals surface area contributed by atoms with Gasteiger partial charge in [-0.15, -0.1) is 0 Å². The molecule has 4 aromatic heterocycles. The fourth-order valence-electron chi connectivity index (χ4n) is 4.58. The number of anilines is 4. The highest BCUT2D eigenvalue weighted by atomic mass is 16.2. The SMILES string of the molecule is Cc1c(-c2cc3cc(Nc4cc5n(n4)CC(=O)NCC5)ncc3c(N)n2)cnc2c1NCN(C)C2=O. The van der Waals surface area contributed by atoms with Crippen LogP contribution in [0.1, 0.15) is 21.7 Å². The van der Waals surface area contributed by atoms with Gasteiger partial charge in [-0.05, 0) is 30.0 Å². The van der Waals surface area contributed by atoms with Crippen LogP contribution in [0.4, 0.5) is 23.1 Å².